The van der Waals surface area contributed by atoms with Gasteiger partial charge in [-0.05, 0) is 31.4 Å². The summed E-state index contributed by atoms with van der Waals surface area (Å²) in [5.74, 6) is -0.688. The van der Waals surface area contributed by atoms with Gasteiger partial charge in [0.15, 0.2) is 5.69 Å². The summed E-state index contributed by atoms with van der Waals surface area (Å²) in [7, 11) is 1.60. The number of nitrogens with zero attached hydrogens (tertiary/aromatic N) is 3. The van der Waals surface area contributed by atoms with Crippen LogP contribution in [0.2, 0.25) is 0 Å². The Balaban J connectivity index is 0.00000364. The number of hydrogen-bond acceptors (Lipinski definition) is 4. The van der Waals surface area contributed by atoms with E-state index in [1.807, 2.05) is 13.8 Å². The van der Waals surface area contributed by atoms with Crippen LogP contribution in [-0.2, 0) is 0 Å². The van der Waals surface area contributed by atoms with E-state index in [0.717, 1.165) is 0 Å². The first-order valence-electron chi connectivity index (χ1n) is 8.59. The Hall–Kier alpha value is -2.25. The molecule has 0 aliphatic carbocycles. The van der Waals surface area contributed by atoms with Gasteiger partial charge in [0.05, 0.1) is 0 Å². The standard InChI is InChI=1S/C19H25FN4O2.ClH/c1-12(2)15(21)9-10-23(4)19(26)18-17(25)11-13(3)24(22-18)16-8-6-5-7-14(16)20;/h5-8,11-12,15H,9-10,21H2,1-4H3;1H. The minimum Gasteiger partial charge on any atom is -0.340 e. The number of halogens is 2. The van der Waals surface area contributed by atoms with Gasteiger partial charge in [-0.25, -0.2) is 9.07 Å². The third-order valence-corrected chi connectivity index (χ3v) is 4.39. The molecule has 2 rings (SSSR count). The number of aromatic nitrogens is 2. The molecule has 6 nitrogen and oxygen atoms in total. The molecular formula is C19H26ClFN4O2. The highest BCUT2D eigenvalue weighted by Gasteiger charge is 2.20. The van der Waals surface area contributed by atoms with Crippen LogP contribution in [-0.4, -0.2) is 40.2 Å². The first-order valence-corrected chi connectivity index (χ1v) is 8.59. The molecule has 0 saturated heterocycles. The maximum atomic E-state index is 14.1. The van der Waals surface area contributed by atoms with Gasteiger partial charge in [-0.3, -0.25) is 9.59 Å². The Morgan fingerprint density at radius 3 is 2.56 bits per heavy atom. The fourth-order valence-electron chi connectivity index (χ4n) is 2.52. The number of nitrogens with two attached hydrogens (primary N) is 1. The van der Waals surface area contributed by atoms with E-state index in [0.29, 0.717) is 24.6 Å². The van der Waals surface area contributed by atoms with Crippen molar-refractivity contribution >= 4 is 18.3 Å². The smallest absolute Gasteiger partial charge is 0.278 e. The number of hydrogen-bond donors (Lipinski definition) is 1. The van der Waals surface area contributed by atoms with Gasteiger partial charge in [0.25, 0.3) is 5.91 Å². The number of rotatable bonds is 6. The summed E-state index contributed by atoms with van der Waals surface area (Å²) in [6.07, 6.45) is 0.618. The van der Waals surface area contributed by atoms with Crippen molar-refractivity contribution in [3.05, 3.63) is 57.8 Å². The van der Waals surface area contributed by atoms with Gasteiger partial charge in [-0.1, -0.05) is 26.0 Å². The second-order valence-electron chi connectivity index (χ2n) is 6.79. The van der Waals surface area contributed by atoms with E-state index in [4.69, 9.17) is 5.73 Å². The molecule has 27 heavy (non-hydrogen) atoms. The molecule has 0 bridgehead atoms. The molecule has 0 fully saturated rings. The molecule has 1 atom stereocenters. The Bertz CT molecular complexity index is 854. The predicted octanol–water partition coefficient (Wildman–Crippen LogP) is 2.55. The van der Waals surface area contributed by atoms with Crippen molar-refractivity contribution in [1.29, 1.82) is 0 Å². The lowest BCUT2D eigenvalue weighted by atomic mass is 10.0. The number of para-hydroxylation sites is 1. The van der Waals surface area contributed by atoms with Gasteiger partial charge in [-0.2, -0.15) is 5.10 Å². The van der Waals surface area contributed by atoms with Crippen molar-refractivity contribution in [1.82, 2.24) is 14.7 Å². The first kappa shape index (κ1) is 22.8. The second kappa shape index (κ2) is 9.62. The lowest BCUT2D eigenvalue weighted by molar-refractivity contribution is 0.0780. The van der Waals surface area contributed by atoms with Crippen molar-refractivity contribution < 1.29 is 9.18 Å². The Kier molecular flexibility index (Phi) is 8.12. The highest BCUT2D eigenvalue weighted by molar-refractivity contribution is 5.91. The molecule has 1 amide bonds. The number of amides is 1. The molecule has 0 aliphatic rings. The summed E-state index contributed by atoms with van der Waals surface area (Å²) < 4.78 is 15.4. The van der Waals surface area contributed by atoms with Crippen LogP contribution in [0.25, 0.3) is 5.69 Å². The molecule has 2 N–H and O–H groups in total. The average Bonchev–Trinajstić information content (AvgIpc) is 2.59. The van der Waals surface area contributed by atoms with Crippen LogP contribution >= 0.6 is 12.4 Å². The lowest BCUT2D eigenvalue weighted by Gasteiger charge is -2.21. The van der Waals surface area contributed by atoms with Crippen LogP contribution in [0, 0.1) is 18.7 Å². The molecular weight excluding hydrogens is 371 g/mol. The zero-order valence-corrected chi connectivity index (χ0v) is 16.8. The van der Waals surface area contributed by atoms with Gasteiger partial charge in [0.2, 0.25) is 5.43 Å². The second-order valence-corrected chi connectivity index (χ2v) is 6.79. The van der Waals surface area contributed by atoms with Gasteiger partial charge in [0.1, 0.15) is 11.5 Å². The van der Waals surface area contributed by atoms with E-state index in [1.54, 1.807) is 32.2 Å². The fraction of sp³-hybridized carbons (Fsp3) is 0.421. The van der Waals surface area contributed by atoms with Gasteiger partial charge < -0.3 is 10.6 Å². The van der Waals surface area contributed by atoms with Gasteiger partial charge >= 0.3 is 0 Å². The average molecular weight is 397 g/mol. The lowest BCUT2D eigenvalue weighted by Crippen LogP contribution is -2.37. The van der Waals surface area contributed by atoms with Crippen molar-refractivity contribution in [2.45, 2.75) is 33.2 Å². The van der Waals surface area contributed by atoms with Crippen LogP contribution in [0.3, 0.4) is 0 Å². The SMILES string of the molecule is Cc1cc(=O)c(C(=O)N(C)CCC(N)C(C)C)nn1-c1ccccc1F.Cl. The highest BCUT2D eigenvalue weighted by Crippen LogP contribution is 2.13. The Morgan fingerprint density at radius 1 is 1.33 bits per heavy atom. The molecule has 2 aromatic rings. The molecule has 1 aromatic carbocycles. The topological polar surface area (TPSA) is 81.2 Å². The highest BCUT2D eigenvalue weighted by atomic mass is 35.5. The third kappa shape index (κ3) is 5.37. The molecule has 0 aliphatic heterocycles. The molecule has 1 heterocycles. The minimum atomic E-state index is -0.504. The van der Waals surface area contributed by atoms with Crippen molar-refractivity contribution in [2.24, 2.45) is 11.7 Å². The summed E-state index contributed by atoms with van der Waals surface area (Å²) >= 11 is 0. The summed E-state index contributed by atoms with van der Waals surface area (Å²) in [5, 5.41) is 4.13. The number of aryl methyl sites for hydroxylation is 1. The maximum Gasteiger partial charge on any atom is 0.278 e. The van der Waals surface area contributed by atoms with E-state index in [2.05, 4.69) is 5.10 Å². The van der Waals surface area contributed by atoms with E-state index in [1.165, 1.54) is 21.7 Å². The quantitative estimate of drug-likeness (QED) is 0.813. The Labute approximate surface area is 164 Å². The molecule has 148 valence electrons. The van der Waals surface area contributed by atoms with Crippen molar-refractivity contribution in [3.8, 4) is 5.69 Å². The molecule has 0 saturated carbocycles. The first-order chi connectivity index (χ1) is 12.2. The number of carbonyl (C=O) groups is 1. The Morgan fingerprint density at radius 2 is 1.96 bits per heavy atom. The normalized spacial score (nSPS) is 11.8. The molecule has 1 unspecified atom stereocenters. The summed E-state index contributed by atoms with van der Waals surface area (Å²) in [4.78, 5) is 26.3. The van der Waals surface area contributed by atoms with Crippen LogP contribution < -0.4 is 11.2 Å². The monoisotopic (exact) mass is 396 g/mol. The molecule has 0 radical (unpaired) electrons. The maximum absolute atomic E-state index is 14.1. The third-order valence-electron chi connectivity index (χ3n) is 4.39. The van der Waals surface area contributed by atoms with Crippen LogP contribution in [0.4, 0.5) is 4.39 Å². The van der Waals surface area contributed by atoms with Gasteiger partial charge in [0, 0.05) is 31.4 Å². The van der Waals surface area contributed by atoms with E-state index >= 15 is 0 Å². The largest absolute Gasteiger partial charge is 0.340 e. The zero-order chi connectivity index (χ0) is 19.4. The summed E-state index contributed by atoms with van der Waals surface area (Å²) in [5.41, 5.74) is 5.92. The van der Waals surface area contributed by atoms with E-state index in [9.17, 15) is 14.0 Å². The van der Waals surface area contributed by atoms with Crippen LogP contribution in [0.1, 0.15) is 36.5 Å². The van der Waals surface area contributed by atoms with Gasteiger partial charge in [-0.15, -0.1) is 12.4 Å². The molecule has 1 aromatic heterocycles. The molecule has 0 spiro atoms. The van der Waals surface area contributed by atoms with Crippen molar-refractivity contribution in [2.75, 3.05) is 13.6 Å². The predicted molar refractivity (Wildman–Crippen MR) is 106 cm³/mol. The van der Waals surface area contributed by atoms with E-state index in [-0.39, 0.29) is 29.8 Å². The summed E-state index contributed by atoms with van der Waals surface area (Å²) in [6.45, 7) is 6.08. The summed E-state index contributed by atoms with van der Waals surface area (Å²) in [6, 6.07) is 7.33. The number of carbonyl (C=O) groups excluding carboxylic acids is 1. The van der Waals surface area contributed by atoms with Crippen LogP contribution in [0.5, 0.6) is 0 Å². The minimum absolute atomic E-state index is 0. The van der Waals surface area contributed by atoms with Crippen LogP contribution in [0.15, 0.2) is 35.1 Å². The fourth-order valence-corrected chi connectivity index (χ4v) is 2.52. The van der Waals surface area contributed by atoms with Crippen molar-refractivity contribution in [3.63, 3.8) is 0 Å². The molecule has 8 heteroatoms. The van der Waals surface area contributed by atoms with E-state index < -0.39 is 17.2 Å². The number of benzene rings is 1. The zero-order valence-electron chi connectivity index (χ0n) is 16.0.